The highest BCUT2D eigenvalue weighted by Gasteiger charge is 2.29. The number of hydrogen-bond acceptors (Lipinski definition) is 4. The molecule has 1 amide bonds. The number of nitrogens with zero attached hydrogens (tertiary/aromatic N) is 3. The normalized spacial score (nSPS) is 15.1. The smallest absolute Gasteiger partial charge is 0.264 e. The van der Waals surface area contributed by atoms with Gasteiger partial charge in [0, 0.05) is 40.3 Å². The first kappa shape index (κ1) is 21.2. The largest absolute Gasteiger partial charge is 0.382 e. The molecule has 1 atom stereocenters. The van der Waals surface area contributed by atoms with Crippen molar-refractivity contribution in [1.82, 2.24) is 15.1 Å². The zero-order valence-corrected chi connectivity index (χ0v) is 19.3. The van der Waals surface area contributed by atoms with Crippen LogP contribution in [0.15, 0.2) is 101 Å². The average molecular weight is 501 g/mol. The molecule has 1 aromatic heterocycles. The molecule has 0 saturated carbocycles. The Labute approximate surface area is 200 Å². The number of rotatable bonds is 6. The van der Waals surface area contributed by atoms with E-state index < -0.39 is 6.10 Å². The third-order valence-electron chi connectivity index (χ3n) is 5.43. The fraction of sp³-hybridized carbons (Fsp3) is 0.115. The molecule has 1 aliphatic heterocycles. The van der Waals surface area contributed by atoms with Gasteiger partial charge in [0.1, 0.15) is 0 Å². The Bertz CT molecular complexity index is 1300. The molecule has 0 spiro atoms. The van der Waals surface area contributed by atoms with Crippen LogP contribution >= 0.6 is 15.9 Å². The number of carbonyl (C=O) groups excluding carboxylic acids is 1. The van der Waals surface area contributed by atoms with Crippen molar-refractivity contribution in [3.05, 3.63) is 107 Å². The monoisotopic (exact) mass is 500 g/mol. The van der Waals surface area contributed by atoms with Crippen molar-refractivity contribution >= 4 is 27.5 Å². The van der Waals surface area contributed by atoms with Crippen molar-refractivity contribution in [2.75, 3.05) is 0 Å². The molecule has 0 aliphatic carbocycles. The number of hydrogen-bond donors (Lipinski definition) is 1. The molecule has 0 bridgehead atoms. The Morgan fingerprint density at radius 3 is 2.48 bits per heavy atom. The molecule has 3 aromatic carbocycles. The van der Waals surface area contributed by atoms with E-state index in [4.69, 9.17) is 9.94 Å². The predicted molar refractivity (Wildman–Crippen MR) is 131 cm³/mol. The van der Waals surface area contributed by atoms with Gasteiger partial charge in [-0.3, -0.25) is 4.79 Å². The van der Waals surface area contributed by atoms with Crippen molar-refractivity contribution in [3.63, 3.8) is 0 Å². The summed E-state index contributed by atoms with van der Waals surface area (Å²) in [6.45, 7) is 0.335. The van der Waals surface area contributed by atoms with Gasteiger partial charge in [-0.15, -0.1) is 0 Å². The minimum Gasteiger partial charge on any atom is -0.382 e. The van der Waals surface area contributed by atoms with Gasteiger partial charge in [0.05, 0.1) is 17.1 Å². The summed E-state index contributed by atoms with van der Waals surface area (Å²) in [7, 11) is 0. The highest BCUT2D eigenvalue weighted by molar-refractivity contribution is 9.10. The second-order valence-electron chi connectivity index (χ2n) is 7.71. The number of benzene rings is 3. The van der Waals surface area contributed by atoms with E-state index in [9.17, 15) is 4.79 Å². The maximum Gasteiger partial charge on any atom is 0.264 e. The lowest BCUT2D eigenvalue weighted by atomic mass is 10.0. The van der Waals surface area contributed by atoms with E-state index >= 15 is 0 Å². The quantitative estimate of drug-likeness (QED) is 0.399. The maximum atomic E-state index is 12.8. The molecular weight excluding hydrogens is 480 g/mol. The highest BCUT2D eigenvalue weighted by Crippen LogP contribution is 2.24. The summed E-state index contributed by atoms with van der Waals surface area (Å²) in [5, 5.41) is 11.9. The number of aromatic nitrogens is 2. The fourth-order valence-corrected chi connectivity index (χ4v) is 4.14. The van der Waals surface area contributed by atoms with Gasteiger partial charge in [-0.1, -0.05) is 81.7 Å². The van der Waals surface area contributed by atoms with Crippen molar-refractivity contribution in [3.8, 4) is 16.9 Å². The van der Waals surface area contributed by atoms with Crippen molar-refractivity contribution in [2.45, 2.75) is 19.1 Å². The second-order valence-corrected chi connectivity index (χ2v) is 8.63. The minimum absolute atomic E-state index is 0.199. The van der Waals surface area contributed by atoms with Crippen LogP contribution in [0.3, 0.4) is 0 Å². The molecule has 0 fully saturated rings. The van der Waals surface area contributed by atoms with Crippen LogP contribution in [0.25, 0.3) is 16.9 Å². The molecule has 4 aromatic rings. The van der Waals surface area contributed by atoms with E-state index in [0.717, 1.165) is 38.3 Å². The van der Waals surface area contributed by atoms with Gasteiger partial charge in [0.15, 0.2) is 0 Å². The number of nitrogens with one attached hydrogen (secondary N) is 1. The lowest BCUT2D eigenvalue weighted by Gasteiger charge is -2.09. The number of carbonyl (C=O) groups is 1. The van der Waals surface area contributed by atoms with Crippen molar-refractivity contribution in [1.29, 1.82) is 0 Å². The zero-order valence-electron chi connectivity index (χ0n) is 17.7. The van der Waals surface area contributed by atoms with E-state index in [0.29, 0.717) is 13.0 Å². The Morgan fingerprint density at radius 1 is 1.00 bits per heavy atom. The molecule has 6 nitrogen and oxygen atoms in total. The summed E-state index contributed by atoms with van der Waals surface area (Å²) >= 11 is 3.47. The molecule has 2 heterocycles. The van der Waals surface area contributed by atoms with E-state index in [-0.39, 0.29) is 5.91 Å². The van der Waals surface area contributed by atoms with Crippen LogP contribution in [0.4, 0.5) is 0 Å². The molecule has 1 unspecified atom stereocenters. The van der Waals surface area contributed by atoms with Gasteiger partial charge in [-0.2, -0.15) is 5.10 Å². The van der Waals surface area contributed by atoms with Crippen LogP contribution in [-0.4, -0.2) is 27.5 Å². The number of para-hydroxylation sites is 1. The Kier molecular flexibility index (Phi) is 6.04. The average Bonchev–Trinajstić information content (AvgIpc) is 3.52. The van der Waals surface area contributed by atoms with Crippen LogP contribution in [0.1, 0.15) is 17.5 Å². The fourth-order valence-electron chi connectivity index (χ4n) is 3.74. The van der Waals surface area contributed by atoms with Gasteiger partial charge < -0.3 is 10.2 Å². The molecule has 0 radical (unpaired) electrons. The third-order valence-corrected chi connectivity index (χ3v) is 5.92. The number of halogens is 1. The zero-order chi connectivity index (χ0) is 22.6. The molecule has 164 valence electrons. The first-order chi connectivity index (χ1) is 16.2. The van der Waals surface area contributed by atoms with Crippen LogP contribution in [0.2, 0.25) is 0 Å². The van der Waals surface area contributed by atoms with Gasteiger partial charge >= 0.3 is 0 Å². The Balaban J connectivity index is 1.31. The Morgan fingerprint density at radius 2 is 1.73 bits per heavy atom. The highest BCUT2D eigenvalue weighted by atomic mass is 79.9. The first-order valence-corrected chi connectivity index (χ1v) is 11.4. The third kappa shape index (κ3) is 4.73. The molecule has 5 rings (SSSR count). The van der Waals surface area contributed by atoms with E-state index in [1.54, 1.807) is 0 Å². The SMILES string of the molecule is O=C(NCc1cn(-c2ccccc2)nc1-c1ccccc1)C1CC(c2cccc(Br)c2)=NO1. The summed E-state index contributed by atoms with van der Waals surface area (Å²) < 4.78 is 2.80. The first-order valence-electron chi connectivity index (χ1n) is 10.6. The second kappa shape index (κ2) is 9.42. The van der Waals surface area contributed by atoms with Gasteiger partial charge in [0.2, 0.25) is 6.10 Å². The van der Waals surface area contributed by atoms with Crippen LogP contribution in [0.5, 0.6) is 0 Å². The standard InChI is InChI=1S/C26H21BrN4O2/c27-21-11-7-10-19(14-21)23-15-24(33-30-23)26(32)28-16-20-17-31(22-12-5-2-6-13-22)29-25(20)18-8-3-1-4-9-18/h1-14,17,24H,15-16H2,(H,28,32). The Hall–Kier alpha value is -3.71. The number of oxime groups is 1. The van der Waals surface area contributed by atoms with Crippen LogP contribution in [0, 0.1) is 0 Å². The van der Waals surface area contributed by atoms with Crippen molar-refractivity contribution < 1.29 is 9.63 Å². The summed E-state index contributed by atoms with van der Waals surface area (Å²) in [4.78, 5) is 18.3. The van der Waals surface area contributed by atoms with Crippen molar-refractivity contribution in [2.24, 2.45) is 5.16 Å². The molecule has 1 N–H and O–H groups in total. The lowest BCUT2D eigenvalue weighted by Crippen LogP contribution is -2.34. The van der Waals surface area contributed by atoms with Gasteiger partial charge in [0.25, 0.3) is 5.91 Å². The van der Waals surface area contributed by atoms with Crippen LogP contribution < -0.4 is 5.32 Å². The van der Waals surface area contributed by atoms with E-state index in [1.165, 1.54) is 0 Å². The molecule has 0 saturated heterocycles. The summed E-state index contributed by atoms with van der Waals surface area (Å²) in [6, 6.07) is 27.7. The lowest BCUT2D eigenvalue weighted by molar-refractivity contribution is -0.131. The molecule has 7 heteroatoms. The maximum absolute atomic E-state index is 12.8. The number of amides is 1. The summed E-state index contributed by atoms with van der Waals surface area (Å²) in [5.41, 5.74) is 5.41. The molecule has 33 heavy (non-hydrogen) atoms. The summed E-state index contributed by atoms with van der Waals surface area (Å²) in [6.07, 6.45) is 1.73. The van der Waals surface area contributed by atoms with E-state index in [1.807, 2.05) is 95.8 Å². The minimum atomic E-state index is -0.650. The van der Waals surface area contributed by atoms with Gasteiger partial charge in [-0.05, 0) is 24.3 Å². The predicted octanol–water partition coefficient (Wildman–Crippen LogP) is 5.11. The van der Waals surface area contributed by atoms with Gasteiger partial charge in [-0.25, -0.2) is 4.68 Å². The summed E-state index contributed by atoms with van der Waals surface area (Å²) in [5.74, 6) is -0.199. The van der Waals surface area contributed by atoms with E-state index in [2.05, 4.69) is 26.4 Å². The molecular formula is C26H21BrN4O2. The van der Waals surface area contributed by atoms with Crippen LogP contribution in [-0.2, 0) is 16.2 Å². The topological polar surface area (TPSA) is 68.5 Å². The molecule has 1 aliphatic rings.